The Morgan fingerprint density at radius 1 is 1.59 bits per heavy atom. The minimum atomic E-state index is -0.167. The summed E-state index contributed by atoms with van der Waals surface area (Å²) < 4.78 is 0. The van der Waals surface area contributed by atoms with Crippen molar-refractivity contribution in [2.45, 2.75) is 20.4 Å². The van der Waals surface area contributed by atoms with Gasteiger partial charge in [-0.2, -0.15) is 5.10 Å². The Labute approximate surface area is 102 Å². The first-order valence-electron chi connectivity index (χ1n) is 5.08. The maximum Gasteiger partial charge on any atom is 0.263 e. The van der Waals surface area contributed by atoms with Crippen LogP contribution in [0, 0.1) is 13.8 Å². The monoisotopic (exact) mass is 251 g/mol. The van der Waals surface area contributed by atoms with E-state index in [-0.39, 0.29) is 5.91 Å². The zero-order valence-electron chi connectivity index (χ0n) is 9.57. The highest BCUT2D eigenvalue weighted by Gasteiger charge is 2.11. The third kappa shape index (κ3) is 2.44. The molecular weight excluding hydrogens is 238 g/mol. The highest BCUT2D eigenvalue weighted by atomic mass is 32.1. The van der Waals surface area contributed by atoms with Gasteiger partial charge in [0, 0.05) is 17.8 Å². The van der Waals surface area contributed by atoms with Crippen molar-refractivity contribution in [2.24, 2.45) is 0 Å². The van der Waals surface area contributed by atoms with Crippen LogP contribution in [0.2, 0.25) is 0 Å². The number of nitrogen functional groups attached to an aromatic ring is 1. The van der Waals surface area contributed by atoms with E-state index in [9.17, 15) is 4.79 Å². The van der Waals surface area contributed by atoms with E-state index in [1.165, 1.54) is 17.5 Å². The maximum atomic E-state index is 11.7. The van der Waals surface area contributed by atoms with Gasteiger partial charge in [0.25, 0.3) is 5.91 Å². The molecule has 7 heteroatoms. The minimum Gasteiger partial charge on any atom is -0.375 e. The Bertz CT molecular complexity index is 525. The lowest BCUT2D eigenvalue weighted by Crippen LogP contribution is -2.22. The first-order valence-corrected chi connectivity index (χ1v) is 5.89. The van der Waals surface area contributed by atoms with Crippen molar-refractivity contribution < 1.29 is 4.79 Å². The third-order valence-electron chi connectivity index (χ3n) is 2.45. The van der Waals surface area contributed by atoms with Crippen molar-refractivity contribution in [2.75, 3.05) is 5.73 Å². The molecule has 17 heavy (non-hydrogen) atoms. The number of rotatable bonds is 3. The van der Waals surface area contributed by atoms with Gasteiger partial charge in [-0.15, -0.1) is 0 Å². The molecule has 0 spiro atoms. The predicted octanol–water partition coefficient (Wildman–Crippen LogP) is 0.995. The molecule has 0 aromatic carbocycles. The molecule has 0 bridgehead atoms. The van der Waals surface area contributed by atoms with Gasteiger partial charge in [0.15, 0.2) is 5.13 Å². The number of thiazole rings is 1. The predicted molar refractivity (Wildman–Crippen MR) is 65.8 cm³/mol. The second kappa shape index (κ2) is 4.54. The molecule has 0 saturated carbocycles. The fourth-order valence-corrected chi connectivity index (χ4v) is 2.08. The molecule has 2 aromatic rings. The number of nitrogens with two attached hydrogens (primary N) is 1. The number of aromatic amines is 1. The van der Waals surface area contributed by atoms with Crippen LogP contribution in [-0.2, 0) is 6.54 Å². The molecule has 0 saturated heterocycles. The van der Waals surface area contributed by atoms with Crippen molar-refractivity contribution in [3.05, 3.63) is 28.0 Å². The first kappa shape index (κ1) is 11.6. The quantitative estimate of drug-likeness (QED) is 0.758. The average Bonchev–Trinajstić information content (AvgIpc) is 2.84. The van der Waals surface area contributed by atoms with E-state index in [1.807, 2.05) is 13.8 Å². The number of amides is 1. The summed E-state index contributed by atoms with van der Waals surface area (Å²) in [7, 11) is 0. The second-order valence-electron chi connectivity index (χ2n) is 3.66. The summed E-state index contributed by atoms with van der Waals surface area (Å²) >= 11 is 1.17. The van der Waals surface area contributed by atoms with Gasteiger partial charge in [0.2, 0.25) is 0 Å². The summed E-state index contributed by atoms with van der Waals surface area (Å²) in [6.45, 7) is 4.27. The summed E-state index contributed by atoms with van der Waals surface area (Å²) in [6, 6.07) is 0. The molecule has 0 radical (unpaired) electrons. The lowest BCUT2D eigenvalue weighted by atomic mass is 10.2. The van der Waals surface area contributed by atoms with E-state index < -0.39 is 0 Å². The second-order valence-corrected chi connectivity index (χ2v) is 4.72. The highest BCUT2D eigenvalue weighted by Crippen LogP contribution is 2.14. The van der Waals surface area contributed by atoms with Gasteiger partial charge in [-0.3, -0.25) is 9.89 Å². The van der Waals surface area contributed by atoms with Crippen LogP contribution in [0.15, 0.2) is 6.20 Å². The highest BCUT2D eigenvalue weighted by molar-refractivity contribution is 7.17. The third-order valence-corrected chi connectivity index (χ3v) is 3.28. The summed E-state index contributed by atoms with van der Waals surface area (Å²) in [4.78, 5) is 16.1. The van der Waals surface area contributed by atoms with Crippen molar-refractivity contribution >= 4 is 22.4 Å². The number of anilines is 1. The normalized spacial score (nSPS) is 10.5. The summed E-state index contributed by atoms with van der Waals surface area (Å²) in [5.41, 5.74) is 8.34. The van der Waals surface area contributed by atoms with E-state index in [1.54, 1.807) is 0 Å². The number of H-pyrrole nitrogens is 1. The summed E-state index contributed by atoms with van der Waals surface area (Å²) in [6.07, 6.45) is 1.48. The zero-order valence-corrected chi connectivity index (χ0v) is 10.4. The van der Waals surface area contributed by atoms with Crippen LogP contribution in [0.1, 0.15) is 26.6 Å². The number of hydrogen-bond donors (Lipinski definition) is 3. The van der Waals surface area contributed by atoms with Crippen LogP contribution in [-0.4, -0.2) is 21.1 Å². The molecule has 1 amide bonds. The van der Waals surface area contributed by atoms with Crippen molar-refractivity contribution in [1.82, 2.24) is 20.5 Å². The molecule has 0 unspecified atom stereocenters. The molecule has 0 fully saturated rings. The van der Waals surface area contributed by atoms with E-state index in [0.717, 1.165) is 17.0 Å². The lowest BCUT2D eigenvalue weighted by molar-refractivity contribution is 0.0954. The van der Waals surface area contributed by atoms with Gasteiger partial charge in [-0.05, 0) is 13.8 Å². The van der Waals surface area contributed by atoms with E-state index in [0.29, 0.717) is 16.6 Å². The van der Waals surface area contributed by atoms with E-state index in [4.69, 9.17) is 5.73 Å². The molecule has 2 heterocycles. The fraction of sp³-hybridized carbons (Fsp3) is 0.300. The Morgan fingerprint density at radius 3 is 2.88 bits per heavy atom. The molecule has 6 nitrogen and oxygen atoms in total. The van der Waals surface area contributed by atoms with Gasteiger partial charge < -0.3 is 11.1 Å². The minimum absolute atomic E-state index is 0.167. The number of carbonyl (C=O) groups excluding carboxylic acids is 1. The molecule has 4 N–H and O–H groups in total. The first-order chi connectivity index (χ1) is 8.08. The summed E-state index contributed by atoms with van der Waals surface area (Å²) in [5.74, 6) is -0.167. The van der Waals surface area contributed by atoms with Crippen LogP contribution >= 0.6 is 11.3 Å². The largest absolute Gasteiger partial charge is 0.375 e. The van der Waals surface area contributed by atoms with Crippen LogP contribution in [0.25, 0.3) is 0 Å². The number of hydrogen-bond acceptors (Lipinski definition) is 5. The van der Waals surface area contributed by atoms with Gasteiger partial charge in [-0.25, -0.2) is 4.98 Å². The fourth-order valence-electron chi connectivity index (χ4n) is 1.48. The molecule has 90 valence electrons. The number of aromatic nitrogens is 3. The zero-order chi connectivity index (χ0) is 12.4. The number of aryl methyl sites for hydroxylation is 2. The standard InChI is InChI=1S/C10H13N5OS/c1-5-7(6(2)15-14-5)3-12-9(16)8-4-13-10(11)17-8/h4H,3H2,1-2H3,(H2,11,13)(H,12,16)(H,14,15). The number of nitrogens with one attached hydrogen (secondary N) is 2. The van der Waals surface area contributed by atoms with Crippen molar-refractivity contribution in [3.63, 3.8) is 0 Å². The lowest BCUT2D eigenvalue weighted by Gasteiger charge is -2.03. The molecule has 0 atom stereocenters. The molecular formula is C10H13N5OS. The average molecular weight is 251 g/mol. The van der Waals surface area contributed by atoms with Crippen LogP contribution in [0.3, 0.4) is 0 Å². The van der Waals surface area contributed by atoms with Crippen LogP contribution in [0.4, 0.5) is 5.13 Å². The molecule has 0 aliphatic heterocycles. The van der Waals surface area contributed by atoms with Crippen molar-refractivity contribution in [3.8, 4) is 0 Å². The van der Waals surface area contributed by atoms with Crippen LogP contribution in [0.5, 0.6) is 0 Å². The topological polar surface area (TPSA) is 96.7 Å². The van der Waals surface area contributed by atoms with Crippen molar-refractivity contribution in [1.29, 1.82) is 0 Å². The molecule has 0 aliphatic carbocycles. The smallest absolute Gasteiger partial charge is 0.263 e. The SMILES string of the molecule is Cc1n[nH]c(C)c1CNC(=O)c1cnc(N)s1. The Morgan fingerprint density at radius 2 is 2.35 bits per heavy atom. The van der Waals surface area contributed by atoms with E-state index in [2.05, 4.69) is 20.5 Å². The van der Waals surface area contributed by atoms with Crippen LogP contribution < -0.4 is 11.1 Å². The van der Waals surface area contributed by atoms with Gasteiger partial charge in [-0.1, -0.05) is 11.3 Å². The van der Waals surface area contributed by atoms with Gasteiger partial charge in [0.05, 0.1) is 11.9 Å². The molecule has 2 aromatic heterocycles. The molecule has 0 aliphatic rings. The van der Waals surface area contributed by atoms with Gasteiger partial charge >= 0.3 is 0 Å². The number of carbonyl (C=O) groups is 1. The van der Waals surface area contributed by atoms with E-state index >= 15 is 0 Å². The Balaban J connectivity index is 2.02. The maximum absolute atomic E-state index is 11.7. The Kier molecular flexibility index (Phi) is 3.10. The summed E-state index contributed by atoms with van der Waals surface area (Å²) in [5, 5.41) is 10.1. The number of nitrogens with zero attached hydrogens (tertiary/aromatic N) is 2. The van der Waals surface area contributed by atoms with Gasteiger partial charge in [0.1, 0.15) is 4.88 Å². The molecule has 2 rings (SSSR count). The Hall–Kier alpha value is -1.89.